The fraction of sp³-hybridized carbons (Fsp3) is 0.500. The first-order valence-corrected chi connectivity index (χ1v) is 9.80. The number of hydrogen-bond donors (Lipinski definition) is 3. The van der Waals surface area contributed by atoms with Crippen molar-refractivity contribution in [3.63, 3.8) is 0 Å². The van der Waals surface area contributed by atoms with E-state index in [2.05, 4.69) is 10.6 Å². The number of hydrogen-bond acceptors (Lipinski definition) is 7. The van der Waals surface area contributed by atoms with Gasteiger partial charge in [-0.15, -0.1) is 0 Å². The Morgan fingerprint density at radius 2 is 1.93 bits per heavy atom. The number of rotatable bonds is 5. The monoisotopic (exact) mass is 400 g/mol. The van der Waals surface area contributed by atoms with Crippen LogP contribution in [-0.2, 0) is 20.9 Å². The normalized spacial score (nSPS) is 23.9. The van der Waals surface area contributed by atoms with Crippen molar-refractivity contribution in [2.75, 3.05) is 19.8 Å². The molecule has 3 aliphatic heterocycles. The number of amides is 4. The second-order valence-electron chi connectivity index (χ2n) is 7.87. The fourth-order valence-electron chi connectivity index (χ4n) is 4.13. The maximum atomic E-state index is 13.1. The second kappa shape index (κ2) is 7.66. The molecule has 0 aromatic heterocycles. The van der Waals surface area contributed by atoms with Gasteiger partial charge in [0.15, 0.2) is 0 Å². The molecule has 1 unspecified atom stereocenters. The molecule has 0 bridgehead atoms. The van der Waals surface area contributed by atoms with Gasteiger partial charge in [-0.2, -0.15) is 0 Å². The first-order valence-electron chi connectivity index (χ1n) is 9.80. The van der Waals surface area contributed by atoms with Crippen LogP contribution in [0.25, 0.3) is 0 Å². The maximum absolute atomic E-state index is 13.1. The topological polar surface area (TPSA) is 131 Å². The largest absolute Gasteiger partial charge is 0.381 e. The number of carbonyl (C=O) groups excluding carboxylic acids is 4. The molecule has 154 valence electrons. The average molecular weight is 400 g/mol. The lowest BCUT2D eigenvalue weighted by Gasteiger charge is -2.33. The van der Waals surface area contributed by atoms with E-state index in [4.69, 9.17) is 10.5 Å². The van der Waals surface area contributed by atoms with E-state index in [-0.39, 0.29) is 23.9 Å². The van der Waals surface area contributed by atoms with Crippen LogP contribution in [-0.4, -0.2) is 59.9 Å². The van der Waals surface area contributed by atoms with Crippen LogP contribution < -0.4 is 16.4 Å². The van der Waals surface area contributed by atoms with Crippen molar-refractivity contribution in [1.82, 2.24) is 15.5 Å². The van der Waals surface area contributed by atoms with Crippen LogP contribution in [0.3, 0.4) is 0 Å². The van der Waals surface area contributed by atoms with Crippen molar-refractivity contribution in [2.45, 2.75) is 43.8 Å². The fourth-order valence-corrected chi connectivity index (χ4v) is 4.13. The van der Waals surface area contributed by atoms with Crippen molar-refractivity contribution in [1.29, 1.82) is 0 Å². The van der Waals surface area contributed by atoms with Crippen LogP contribution in [0.15, 0.2) is 18.2 Å². The molecule has 0 aliphatic carbocycles. The molecule has 29 heavy (non-hydrogen) atoms. The Hall–Kier alpha value is -2.62. The van der Waals surface area contributed by atoms with Crippen molar-refractivity contribution in [3.8, 4) is 0 Å². The Labute approximate surface area is 167 Å². The van der Waals surface area contributed by atoms with Gasteiger partial charge in [0, 0.05) is 38.3 Å². The van der Waals surface area contributed by atoms with E-state index in [9.17, 15) is 19.2 Å². The first kappa shape index (κ1) is 19.7. The number of nitrogens with zero attached hydrogens (tertiary/aromatic N) is 1. The van der Waals surface area contributed by atoms with E-state index in [0.717, 1.165) is 17.7 Å². The number of benzene rings is 1. The van der Waals surface area contributed by atoms with E-state index in [1.54, 1.807) is 18.2 Å². The summed E-state index contributed by atoms with van der Waals surface area (Å²) in [6.45, 7) is 2.21. The zero-order chi connectivity index (χ0) is 20.6. The Morgan fingerprint density at radius 3 is 2.66 bits per heavy atom. The highest BCUT2D eigenvalue weighted by Crippen LogP contribution is 2.30. The lowest BCUT2D eigenvalue weighted by Crippen LogP contribution is -2.54. The minimum absolute atomic E-state index is 0.0977. The third-order valence-corrected chi connectivity index (χ3v) is 5.84. The molecule has 1 aromatic carbocycles. The highest BCUT2D eigenvalue weighted by Gasteiger charge is 2.45. The SMILES string of the molecule is NC1(CNCc2cccc3c2C(=O)N(C2CCC(=O)NC2=O)C3=O)CCOCC1. The van der Waals surface area contributed by atoms with Crippen LogP contribution in [0.1, 0.15) is 52.0 Å². The van der Waals surface area contributed by atoms with Gasteiger partial charge >= 0.3 is 0 Å². The molecule has 0 radical (unpaired) electrons. The van der Waals surface area contributed by atoms with Gasteiger partial charge in [0.25, 0.3) is 11.8 Å². The molecule has 0 saturated carbocycles. The van der Waals surface area contributed by atoms with Crippen LogP contribution in [0.4, 0.5) is 0 Å². The molecule has 3 heterocycles. The number of nitrogens with two attached hydrogens (primary N) is 1. The van der Waals surface area contributed by atoms with Crippen molar-refractivity contribution >= 4 is 23.6 Å². The van der Waals surface area contributed by atoms with Crippen LogP contribution in [0, 0.1) is 0 Å². The molecule has 1 aromatic rings. The average Bonchev–Trinajstić information content (AvgIpc) is 2.94. The summed E-state index contributed by atoms with van der Waals surface area (Å²) in [4.78, 5) is 50.5. The lowest BCUT2D eigenvalue weighted by atomic mass is 9.91. The molecule has 9 nitrogen and oxygen atoms in total. The second-order valence-corrected chi connectivity index (χ2v) is 7.87. The Balaban J connectivity index is 1.50. The number of piperidine rings is 1. The summed E-state index contributed by atoms with van der Waals surface area (Å²) < 4.78 is 5.35. The number of fused-ring (bicyclic) bond motifs is 1. The summed E-state index contributed by atoms with van der Waals surface area (Å²) >= 11 is 0. The highest BCUT2D eigenvalue weighted by molar-refractivity contribution is 6.24. The molecular formula is C20H24N4O5. The molecule has 2 fully saturated rings. The van der Waals surface area contributed by atoms with Gasteiger partial charge in [-0.3, -0.25) is 29.4 Å². The van der Waals surface area contributed by atoms with Crippen LogP contribution in [0.5, 0.6) is 0 Å². The van der Waals surface area contributed by atoms with E-state index in [0.29, 0.717) is 37.4 Å². The predicted molar refractivity (Wildman–Crippen MR) is 102 cm³/mol. The Bertz CT molecular complexity index is 878. The van der Waals surface area contributed by atoms with E-state index in [1.807, 2.05) is 0 Å². The van der Waals surface area contributed by atoms with Crippen LogP contribution in [0.2, 0.25) is 0 Å². The van der Waals surface area contributed by atoms with E-state index >= 15 is 0 Å². The molecule has 0 spiro atoms. The number of nitrogens with one attached hydrogen (secondary N) is 2. The zero-order valence-electron chi connectivity index (χ0n) is 16.0. The standard InChI is InChI=1S/C20H24N4O5/c21-20(6-8-29-9-7-20)11-22-10-12-2-1-3-13-16(12)19(28)24(18(13)27)14-4-5-15(25)23-17(14)26/h1-3,14,22H,4-11,21H2,(H,23,25,26). The van der Waals surface area contributed by atoms with E-state index < -0.39 is 29.7 Å². The molecular weight excluding hydrogens is 376 g/mol. The summed E-state index contributed by atoms with van der Waals surface area (Å²) in [5.74, 6) is -2.00. The highest BCUT2D eigenvalue weighted by atomic mass is 16.5. The molecule has 4 amide bonds. The Morgan fingerprint density at radius 1 is 1.17 bits per heavy atom. The first-order chi connectivity index (χ1) is 13.9. The number of ether oxygens (including phenoxy) is 1. The van der Waals surface area contributed by atoms with Gasteiger partial charge in [0.2, 0.25) is 11.8 Å². The molecule has 4 rings (SSSR count). The number of carbonyl (C=O) groups is 4. The molecule has 3 aliphatic rings. The van der Waals surface area contributed by atoms with Crippen LogP contribution >= 0.6 is 0 Å². The van der Waals surface area contributed by atoms with Gasteiger partial charge in [0.1, 0.15) is 6.04 Å². The van der Waals surface area contributed by atoms with Crippen molar-refractivity contribution in [2.24, 2.45) is 5.73 Å². The van der Waals surface area contributed by atoms with Gasteiger partial charge < -0.3 is 15.8 Å². The van der Waals surface area contributed by atoms with Crippen molar-refractivity contribution in [3.05, 3.63) is 34.9 Å². The molecule has 9 heteroatoms. The summed E-state index contributed by atoms with van der Waals surface area (Å²) in [5.41, 5.74) is 7.32. The van der Waals surface area contributed by atoms with Gasteiger partial charge in [0.05, 0.1) is 11.1 Å². The van der Waals surface area contributed by atoms with E-state index in [1.165, 1.54) is 0 Å². The molecule has 4 N–H and O–H groups in total. The Kier molecular flexibility index (Phi) is 5.20. The number of imide groups is 2. The lowest BCUT2D eigenvalue weighted by molar-refractivity contribution is -0.136. The predicted octanol–water partition coefficient (Wildman–Crippen LogP) is -0.315. The summed E-state index contributed by atoms with van der Waals surface area (Å²) in [6.07, 6.45) is 1.75. The molecule has 2 saturated heterocycles. The zero-order valence-corrected chi connectivity index (χ0v) is 16.0. The summed E-state index contributed by atoms with van der Waals surface area (Å²) in [5, 5.41) is 5.50. The smallest absolute Gasteiger partial charge is 0.262 e. The summed E-state index contributed by atoms with van der Waals surface area (Å²) in [6, 6.07) is 4.14. The van der Waals surface area contributed by atoms with Crippen molar-refractivity contribution < 1.29 is 23.9 Å². The third-order valence-electron chi connectivity index (χ3n) is 5.84. The minimum atomic E-state index is -0.963. The van der Waals surface area contributed by atoms with Gasteiger partial charge in [-0.05, 0) is 30.9 Å². The quantitative estimate of drug-likeness (QED) is 0.578. The van der Waals surface area contributed by atoms with Gasteiger partial charge in [-0.25, -0.2) is 0 Å². The maximum Gasteiger partial charge on any atom is 0.262 e. The molecule has 1 atom stereocenters. The third kappa shape index (κ3) is 3.68. The summed E-state index contributed by atoms with van der Waals surface area (Å²) in [7, 11) is 0. The van der Waals surface area contributed by atoms with Gasteiger partial charge in [-0.1, -0.05) is 12.1 Å². The minimum Gasteiger partial charge on any atom is -0.381 e.